The van der Waals surface area contributed by atoms with Gasteiger partial charge in [0.05, 0.1) is 13.2 Å². The summed E-state index contributed by atoms with van der Waals surface area (Å²) in [6.45, 7) is 2.82. The summed E-state index contributed by atoms with van der Waals surface area (Å²) in [4.78, 5) is 15.4. The van der Waals surface area contributed by atoms with E-state index in [9.17, 15) is 4.79 Å². The molecule has 1 fully saturated rings. The Morgan fingerprint density at radius 1 is 1.25 bits per heavy atom. The second-order valence-corrected chi connectivity index (χ2v) is 7.04. The fourth-order valence-electron chi connectivity index (χ4n) is 3.04. The number of nitrogens with two attached hydrogens (primary N) is 1. The molecule has 1 atom stereocenters. The van der Waals surface area contributed by atoms with Crippen LogP contribution in [0.1, 0.15) is 25.7 Å². The predicted molar refractivity (Wildman–Crippen MR) is 98.4 cm³/mol. The molecule has 7 heteroatoms. The van der Waals surface area contributed by atoms with Gasteiger partial charge in [0, 0.05) is 42.6 Å². The zero-order valence-electron chi connectivity index (χ0n) is 13.7. The van der Waals surface area contributed by atoms with Gasteiger partial charge in [-0.3, -0.25) is 4.79 Å². The molecule has 2 heterocycles. The van der Waals surface area contributed by atoms with E-state index in [4.69, 9.17) is 15.2 Å². The summed E-state index contributed by atoms with van der Waals surface area (Å²) in [5.41, 5.74) is 5.73. The maximum Gasteiger partial charge on any atom is 0.223 e. The van der Waals surface area contributed by atoms with E-state index in [-0.39, 0.29) is 24.4 Å². The van der Waals surface area contributed by atoms with Crippen molar-refractivity contribution in [3.8, 4) is 11.5 Å². The zero-order valence-corrected chi connectivity index (χ0v) is 15.4. The Kier molecular flexibility index (Phi) is 7.52. The lowest BCUT2D eigenvalue weighted by molar-refractivity contribution is -0.131. The van der Waals surface area contributed by atoms with Gasteiger partial charge in [0.1, 0.15) is 0 Å². The minimum absolute atomic E-state index is 0. The van der Waals surface area contributed by atoms with Crippen molar-refractivity contribution in [2.24, 2.45) is 5.73 Å². The molecular weight excluding hydrogens is 348 g/mol. The summed E-state index contributed by atoms with van der Waals surface area (Å²) in [5.74, 6) is 2.61. The monoisotopic (exact) mass is 372 g/mol. The van der Waals surface area contributed by atoms with Gasteiger partial charge in [-0.2, -0.15) is 0 Å². The molecule has 1 amide bonds. The second kappa shape index (κ2) is 9.39. The van der Waals surface area contributed by atoms with Gasteiger partial charge in [-0.15, -0.1) is 24.2 Å². The Bertz CT molecular complexity index is 559. The lowest BCUT2D eigenvalue weighted by Crippen LogP contribution is -2.40. The van der Waals surface area contributed by atoms with Crippen molar-refractivity contribution in [1.82, 2.24) is 4.90 Å². The number of carbonyl (C=O) groups is 1. The largest absolute Gasteiger partial charge is 0.490 e. The van der Waals surface area contributed by atoms with Crippen LogP contribution < -0.4 is 15.2 Å². The highest BCUT2D eigenvalue weighted by Gasteiger charge is 2.26. The van der Waals surface area contributed by atoms with E-state index >= 15 is 0 Å². The lowest BCUT2D eigenvalue weighted by Gasteiger charge is -2.23. The number of rotatable bonds is 5. The average Bonchev–Trinajstić information content (AvgIpc) is 2.93. The number of amides is 1. The third kappa shape index (κ3) is 4.71. The van der Waals surface area contributed by atoms with Crippen LogP contribution in [0.25, 0.3) is 0 Å². The first-order chi connectivity index (χ1) is 11.3. The quantitative estimate of drug-likeness (QED) is 0.805. The molecule has 134 valence electrons. The van der Waals surface area contributed by atoms with Crippen molar-refractivity contribution in [1.29, 1.82) is 0 Å². The van der Waals surface area contributed by atoms with E-state index in [1.807, 2.05) is 23.1 Å². The van der Waals surface area contributed by atoms with E-state index in [1.165, 1.54) is 0 Å². The Morgan fingerprint density at radius 2 is 2.04 bits per heavy atom. The van der Waals surface area contributed by atoms with Gasteiger partial charge in [-0.05, 0) is 31.0 Å². The summed E-state index contributed by atoms with van der Waals surface area (Å²) in [6.07, 6.45) is 3.57. The number of nitrogens with zero attached hydrogens (tertiary/aromatic N) is 1. The standard InChI is InChI=1S/C17H24N2O3S.ClH/c18-12-13-3-1-7-19(13)17(20)6-10-23-14-4-5-15-16(11-14)22-9-2-8-21-15;/h4-5,11,13H,1-3,6-10,12,18H2;1H. The molecule has 1 aromatic carbocycles. The third-order valence-electron chi connectivity index (χ3n) is 4.27. The highest BCUT2D eigenvalue weighted by Crippen LogP contribution is 2.34. The third-order valence-corrected chi connectivity index (χ3v) is 5.27. The van der Waals surface area contributed by atoms with Gasteiger partial charge >= 0.3 is 0 Å². The molecule has 0 aliphatic carbocycles. The molecule has 2 aliphatic heterocycles. The number of thioether (sulfide) groups is 1. The Morgan fingerprint density at radius 3 is 2.83 bits per heavy atom. The van der Waals surface area contributed by atoms with Gasteiger partial charge < -0.3 is 20.1 Å². The minimum Gasteiger partial charge on any atom is -0.490 e. The number of benzene rings is 1. The number of likely N-dealkylation sites (tertiary alicyclic amines) is 1. The van der Waals surface area contributed by atoms with E-state index in [0.717, 1.165) is 48.0 Å². The topological polar surface area (TPSA) is 64.8 Å². The van der Waals surface area contributed by atoms with Crippen LogP contribution in [0.15, 0.2) is 23.1 Å². The maximum absolute atomic E-state index is 12.3. The molecule has 0 bridgehead atoms. The van der Waals surface area contributed by atoms with Crippen molar-refractivity contribution >= 4 is 30.1 Å². The smallest absolute Gasteiger partial charge is 0.223 e. The first kappa shape index (κ1) is 19.2. The van der Waals surface area contributed by atoms with Crippen molar-refractivity contribution in [2.45, 2.75) is 36.6 Å². The Hall–Kier alpha value is -1.11. The van der Waals surface area contributed by atoms with Gasteiger partial charge in [0.25, 0.3) is 0 Å². The van der Waals surface area contributed by atoms with Crippen LogP contribution in [0.2, 0.25) is 0 Å². The van der Waals surface area contributed by atoms with Gasteiger partial charge in [-0.25, -0.2) is 0 Å². The molecule has 3 rings (SSSR count). The van der Waals surface area contributed by atoms with Gasteiger partial charge in [-0.1, -0.05) is 0 Å². The van der Waals surface area contributed by atoms with Crippen LogP contribution in [0, 0.1) is 0 Å². The van der Waals surface area contributed by atoms with E-state index in [0.29, 0.717) is 26.2 Å². The molecule has 2 aliphatic rings. The van der Waals surface area contributed by atoms with E-state index in [2.05, 4.69) is 0 Å². The number of hydrogen-bond donors (Lipinski definition) is 1. The molecule has 1 saturated heterocycles. The molecule has 5 nitrogen and oxygen atoms in total. The summed E-state index contributed by atoms with van der Waals surface area (Å²) in [7, 11) is 0. The van der Waals surface area contributed by atoms with Crippen LogP contribution in [0.5, 0.6) is 11.5 Å². The number of ether oxygens (including phenoxy) is 2. The first-order valence-electron chi connectivity index (χ1n) is 8.30. The summed E-state index contributed by atoms with van der Waals surface area (Å²) in [5, 5.41) is 0. The van der Waals surface area contributed by atoms with Gasteiger partial charge in [0.2, 0.25) is 5.91 Å². The first-order valence-corrected chi connectivity index (χ1v) is 9.28. The predicted octanol–water partition coefficient (Wildman–Crippen LogP) is 2.70. The SMILES string of the molecule is Cl.NCC1CCCN1C(=O)CCSc1ccc2c(c1)OCCCO2. The van der Waals surface area contributed by atoms with Crippen molar-refractivity contribution < 1.29 is 14.3 Å². The van der Waals surface area contributed by atoms with Crippen LogP contribution in [-0.2, 0) is 4.79 Å². The molecule has 2 N–H and O–H groups in total. The Labute approximate surface area is 153 Å². The van der Waals surface area contributed by atoms with Crippen molar-refractivity contribution in [3.63, 3.8) is 0 Å². The van der Waals surface area contributed by atoms with Crippen LogP contribution in [0.4, 0.5) is 0 Å². The highest BCUT2D eigenvalue weighted by molar-refractivity contribution is 7.99. The zero-order chi connectivity index (χ0) is 16.1. The fraction of sp³-hybridized carbons (Fsp3) is 0.588. The average molecular weight is 373 g/mol. The summed E-state index contributed by atoms with van der Waals surface area (Å²) < 4.78 is 11.3. The van der Waals surface area contributed by atoms with Crippen molar-refractivity contribution in [2.75, 3.05) is 32.1 Å². The number of hydrogen-bond acceptors (Lipinski definition) is 5. The van der Waals surface area contributed by atoms with E-state index in [1.54, 1.807) is 11.8 Å². The number of fused-ring (bicyclic) bond motifs is 1. The number of carbonyl (C=O) groups excluding carboxylic acids is 1. The minimum atomic E-state index is 0. The molecule has 0 saturated carbocycles. The summed E-state index contributed by atoms with van der Waals surface area (Å²) >= 11 is 1.68. The Balaban J connectivity index is 0.00000208. The molecule has 24 heavy (non-hydrogen) atoms. The van der Waals surface area contributed by atoms with Crippen LogP contribution >= 0.6 is 24.2 Å². The second-order valence-electron chi connectivity index (χ2n) is 5.88. The van der Waals surface area contributed by atoms with E-state index < -0.39 is 0 Å². The van der Waals surface area contributed by atoms with Crippen LogP contribution in [-0.4, -0.2) is 48.9 Å². The van der Waals surface area contributed by atoms with Gasteiger partial charge in [0.15, 0.2) is 11.5 Å². The maximum atomic E-state index is 12.3. The highest BCUT2D eigenvalue weighted by atomic mass is 35.5. The molecule has 1 aromatic rings. The fourth-order valence-corrected chi connectivity index (χ4v) is 3.91. The van der Waals surface area contributed by atoms with Crippen molar-refractivity contribution in [3.05, 3.63) is 18.2 Å². The molecule has 0 aromatic heterocycles. The normalized spacial score (nSPS) is 19.5. The molecule has 1 unspecified atom stereocenters. The molecule has 0 radical (unpaired) electrons. The van der Waals surface area contributed by atoms with Crippen LogP contribution in [0.3, 0.4) is 0 Å². The number of halogens is 1. The molecular formula is C17H25ClN2O3S. The lowest BCUT2D eigenvalue weighted by atomic mass is 10.2. The summed E-state index contributed by atoms with van der Waals surface area (Å²) in [6, 6.07) is 6.23. The molecule has 0 spiro atoms.